The third-order valence-electron chi connectivity index (χ3n) is 5.07. The Bertz CT molecular complexity index is 985. The fourth-order valence-corrected chi connectivity index (χ4v) is 5.13. The van der Waals surface area contributed by atoms with Gasteiger partial charge in [0.05, 0.1) is 4.90 Å². The van der Waals surface area contributed by atoms with E-state index < -0.39 is 10.0 Å². The van der Waals surface area contributed by atoms with Crippen molar-refractivity contribution in [2.24, 2.45) is 0 Å². The molecule has 4 nitrogen and oxygen atoms in total. The molecule has 1 fully saturated rings. The molecule has 0 unspecified atom stereocenters. The van der Waals surface area contributed by atoms with E-state index in [1.165, 1.54) is 16.6 Å². The summed E-state index contributed by atoms with van der Waals surface area (Å²) in [6.07, 6.45) is 1.69. The monoisotopic (exact) mass is 354 g/mol. The molecule has 0 radical (unpaired) electrons. The van der Waals surface area contributed by atoms with Crippen LogP contribution in [0.15, 0.2) is 59.5 Å². The number of fused-ring (bicyclic) bond motifs is 1. The van der Waals surface area contributed by atoms with Crippen molar-refractivity contribution in [3.8, 4) is 0 Å². The Morgan fingerprint density at radius 2 is 1.72 bits per heavy atom. The fraction of sp³-hybridized carbons (Fsp3) is 0.300. The van der Waals surface area contributed by atoms with Crippen molar-refractivity contribution in [3.05, 3.63) is 65.9 Å². The van der Waals surface area contributed by atoms with Crippen molar-refractivity contribution < 1.29 is 8.42 Å². The average molecular weight is 354 g/mol. The highest BCUT2D eigenvalue weighted by Crippen LogP contribution is 2.32. The molecule has 0 atom stereocenters. The van der Waals surface area contributed by atoms with Crippen molar-refractivity contribution in [2.45, 2.75) is 30.6 Å². The molecular weight excluding hydrogens is 332 g/mol. The van der Waals surface area contributed by atoms with E-state index in [2.05, 4.69) is 36.2 Å². The van der Waals surface area contributed by atoms with E-state index in [-0.39, 0.29) is 0 Å². The summed E-state index contributed by atoms with van der Waals surface area (Å²) >= 11 is 0. The minimum atomic E-state index is -3.37. The van der Waals surface area contributed by atoms with Crippen LogP contribution in [0.4, 0.5) is 0 Å². The number of benzene rings is 2. The lowest BCUT2D eigenvalue weighted by atomic mass is 9.95. The minimum Gasteiger partial charge on any atom is -0.358 e. The second-order valence-corrected chi connectivity index (χ2v) is 8.74. The van der Waals surface area contributed by atoms with Crippen LogP contribution in [0.2, 0.25) is 0 Å². The molecule has 1 saturated heterocycles. The summed E-state index contributed by atoms with van der Waals surface area (Å²) in [7, 11) is -3.37. The van der Waals surface area contributed by atoms with Crippen molar-refractivity contribution in [3.63, 3.8) is 0 Å². The van der Waals surface area contributed by atoms with Crippen LogP contribution in [0.5, 0.6) is 0 Å². The molecule has 1 N–H and O–H groups in total. The van der Waals surface area contributed by atoms with Gasteiger partial charge in [0, 0.05) is 30.2 Å². The largest absolute Gasteiger partial charge is 0.358 e. The number of H-pyrrole nitrogens is 1. The van der Waals surface area contributed by atoms with Gasteiger partial charge in [-0.15, -0.1) is 0 Å². The first-order chi connectivity index (χ1) is 12.0. The molecule has 0 bridgehead atoms. The first-order valence-electron chi connectivity index (χ1n) is 8.68. The van der Waals surface area contributed by atoms with Crippen LogP contribution in [-0.4, -0.2) is 30.8 Å². The van der Waals surface area contributed by atoms with Gasteiger partial charge in [0.25, 0.3) is 0 Å². The number of sulfonamides is 1. The maximum Gasteiger partial charge on any atom is 0.243 e. The van der Waals surface area contributed by atoms with Crippen molar-refractivity contribution >= 4 is 20.9 Å². The van der Waals surface area contributed by atoms with E-state index in [1.807, 2.05) is 6.07 Å². The maximum atomic E-state index is 12.7. The van der Waals surface area contributed by atoms with Gasteiger partial charge in [-0.05, 0) is 55.5 Å². The highest BCUT2D eigenvalue weighted by molar-refractivity contribution is 7.89. The average Bonchev–Trinajstić information content (AvgIpc) is 3.06. The molecule has 0 saturated carbocycles. The number of rotatable bonds is 3. The zero-order valence-corrected chi connectivity index (χ0v) is 15.1. The van der Waals surface area contributed by atoms with E-state index in [0.29, 0.717) is 23.9 Å². The quantitative estimate of drug-likeness (QED) is 0.771. The molecule has 3 aromatic rings. The number of piperidine rings is 1. The summed E-state index contributed by atoms with van der Waals surface area (Å²) in [6.45, 7) is 3.23. The summed E-state index contributed by atoms with van der Waals surface area (Å²) in [5.74, 6) is 0.384. The number of aromatic amines is 1. The lowest BCUT2D eigenvalue weighted by Gasteiger charge is -2.30. The molecule has 4 rings (SSSR count). The number of aromatic nitrogens is 1. The van der Waals surface area contributed by atoms with Crippen LogP contribution in [0.25, 0.3) is 10.9 Å². The van der Waals surface area contributed by atoms with Gasteiger partial charge in [0.15, 0.2) is 0 Å². The van der Waals surface area contributed by atoms with Crippen molar-refractivity contribution in [2.75, 3.05) is 13.1 Å². The summed E-state index contributed by atoms with van der Waals surface area (Å²) in [6, 6.07) is 17.3. The van der Waals surface area contributed by atoms with Crippen LogP contribution >= 0.6 is 0 Å². The van der Waals surface area contributed by atoms with Gasteiger partial charge in [-0.1, -0.05) is 29.8 Å². The van der Waals surface area contributed by atoms with E-state index in [9.17, 15) is 8.42 Å². The topological polar surface area (TPSA) is 53.2 Å². The van der Waals surface area contributed by atoms with Gasteiger partial charge in [0.1, 0.15) is 0 Å². The second kappa shape index (κ2) is 6.32. The number of aryl methyl sites for hydroxylation is 1. The smallest absolute Gasteiger partial charge is 0.243 e. The van der Waals surface area contributed by atoms with Crippen LogP contribution in [0, 0.1) is 6.92 Å². The Kier molecular flexibility index (Phi) is 4.13. The standard InChI is InChI=1S/C20H22N2O2S/c1-15-7-8-19-17(13-15)14-20(21-19)16-9-11-22(12-10-16)25(23,24)18-5-3-2-4-6-18/h2-8,13-14,16,21H,9-12H2,1H3. The Morgan fingerprint density at radius 3 is 2.44 bits per heavy atom. The molecule has 0 amide bonds. The van der Waals surface area contributed by atoms with E-state index in [1.54, 1.807) is 28.6 Å². The number of nitrogens with one attached hydrogen (secondary N) is 1. The van der Waals surface area contributed by atoms with Gasteiger partial charge in [-0.2, -0.15) is 4.31 Å². The molecule has 1 aliphatic heterocycles. The molecule has 5 heteroatoms. The predicted octanol–water partition coefficient (Wildman–Crippen LogP) is 4.04. The van der Waals surface area contributed by atoms with Crippen LogP contribution in [-0.2, 0) is 10.0 Å². The number of hydrogen-bond acceptors (Lipinski definition) is 2. The van der Waals surface area contributed by atoms with Crippen molar-refractivity contribution in [1.29, 1.82) is 0 Å². The molecule has 2 heterocycles. The summed E-state index contributed by atoms with van der Waals surface area (Å²) < 4.78 is 27.1. The molecule has 130 valence electrons. The number of nitrogens with zero attached hydrogens (tertiary/aromatic N) is 1. The summed E-state index contributed by atoms with van der Waals surface area (Å²) in [5.41, 5.74) is 3.62. The fourth-order valence-electron chi connectivity index (χ4n) is 3.64. The van der Waals surface area contributed by atoms with E-state index in [0.717, 1.165) is 18.4 Å². The van der Waals surface area contributed by atoms with E-state index in [4.69, 9.17) is 0 Å². The van der Waals surface area contributed by atoms with Gasteiger partial charge in [-0.25, -0.2) is 8.42 Å². The molecule has 1 aromatic heterocycles. The summed E-state index contributed by atoms with van der Waals surface area (Å²) in [5, 5.41) is 1.23. The predicted molar refractivity (Wildman–Crippen MR) is 100 cm³/mol. The third kappa shape index (κ3) is 3.10. The first kappa shape index (κ1) is 16.4. The molecule has 0 spiro atoms. The SMILES string of the molecule is Cc1ccc2[nH]c(C3CCN(S(=O)(=O)c4ccccc4)CC3)cc2c1. The lowest BCUT2D eigenvalue weighted by molar-refractivity contribution is 0.317. The molecule has 1 aliphatic rings. The molecule has 0 aliphatic carbocycles. The Hall–Kier alpha value is -2.11. The molecular formula is C20H22N2O2S. The van der Waals surface area contributed by atoms with E-state index >= 15 is 0 Å². The minimum absolute atomic E-state index is 0.384. The highest BCUT2D eigenvalue weighted by atomic mass is 32.2. The van der Waals surface area contributed by atoms with Gasteiger partial charge in [0.2, 0.25) is 10.0 Å². The first-order valence-corrected chi connectivity index (χ1v) is 10.1. The van der Waals surface area contributed by atoms with Gasteiger partial charge >= 0.3 is 0 Å². The zero-order valence-electron chi connectivity index (χ0n) is 14.3. The third-order valence-corrected chi connectivity index (χ3v) is 6.98. The Balaban J connectivity index is 1.51. The Labute approximate surface area is 148 Å². The summed E-state index contributed by atoms with van der Waals surface area (Å²) in [4.78, 5) is 3.89. The lowest BCUT2D eigenvalue weighted by Crippen LogP contribution is -2.37. The number of hydrogen-bond donors (Lipinski definition) is 1. The van der Waals surface area contributed by atoms with Crippen LogP contribution in [0.3, 0.4) is 0 Å². The zero-order chi connectivity index (χ0) is 17.4. The highest BCUT2D eigenvalue weighted by Gasteiger charge is 2.30. The van der Waals surface area contributed by atoms with Gasteiger partial charge < -0.3 is 4.98 Å². The van der Waals surface area contributed by atoms with Gasteiger partial charge in [-0.3, -0.25) is 0 Å². The molecule has 2 aromatic carbocycles. The Morgan fingerprint density at radius 1 is 1.00 bits per heavy atom. The second-order valence-electron chi connectivity index (χ2n) is 6.81. The maximum absolute atomic E-state index is 12.7. The van der Waals surface area contributed by atoms with Crippen LogP contribution in [0.1, 0.15) is 30.0 Å². The normalized spacial score (nSPS) is 17.2. The van der Waals surface area contributed by atoms with Crippen LogP contribution < -0.4 is 0 Å². The molecule has 25 heavy (non-hydrogen) atoms. The van der Waals surface area contributed by atoms with Crippen molar-refractivity contribution in [1.82, 2.24) is 9.29 Å².